The molecular weight excluding hydrogens is 288 g/mol. The molecule has 0 atom stereocenters. The van der Waals surface area contributed by atoms with Gasteiger partial charge in [-0.3, -0.25) is 10.1 Å². The van der Waals surface area contributed by atoms with E-state index in [1.165, 1.54) is 0 Å². The average Bonchev–Trinajstić information content (AvgIpc) is 2.42. The molecule has 0 aliphatic heterocycles. The zero-order valence-electron chi connectivity index (χ0n) is 12.8. The van der Waals surface area contributed by atoms with E-state index in [2.05, 4.69) is 10.6 Å². The van der Waals surface area contributed by atoms with Crippen LogP contribution >= 0.6 is 0 Å². The zero-order valence-corrected chi connectivity index (χ0v) is 12.8. The van der Waals surface area contributed by atoms with Crippen LogP contribution in [0.15, 0.2) is 30.3 Å². The fourth-order valence-corrected chi connectivity index (χ4v) is 1.38. The quantitative estimate of drug-likeness (QED) is 0.798. The minimum absolute atomic E-state index is 0.314. The summed E-state index contributed by atoms with van der Waals surface area (Å²) in [5, 5.41) is 4.61. The molecule has 0 fully saturated rings. The van der Waals surface area contributed by atoms with Crippen LogP contribution in [0.3, 0.4) is 0 Å². The Morgan fingerprint density at radius 2 is 1.68 bits per heavy atom. The number of amides is 3. The number of hydrogen-bond acceptors (Lipinski definition) is 5. The first-order valence-corrected chi connectivity index (χ1v) is 6.72. The fourth-order valence-electron chi connectivity index (χ4n) is 1.38. The standard InChI is InChI=1S/C15H20N2O5/c1-15(2,3)17-14(20)16-12(18)9-22-13(19)10-21-11-7-5-4-6-8-11/h4-8H,9-10H2,1-3H3,(H2,16,17,18,20). The number of benzene rings is 1. The van der Waals surface area contributed by atoms with Crippen molar-refractivity contribution in [3.05, 3.63) is 30.3 Å². The van der Waals surface area contributed by atoms with Crippen LogP contribution in [0.25, 0.3) is 0 Å². The second-order valence-corrected chi connectivity index (χ2v) is 5.51. The maximum absolute atomic E-state index is 11.4. The van der Waals surface area contributed by atoms with Crippen molar-refractivity contribution in [3.8, 4) is 5.75 Å². The summed E-state index contributed by atoms with van der Waals surface area (Å²) in [6.07, 6.45) is 0. The Balaban J connectivity index is 2.23. The molecule has 0 radical (unpaired) electrons. The van der Waals surface area contributed by atoms with Crippen LogP contribution in [0.1, 0.15) is 20.8 Å². The first-order chi connectivity index (χ1) is 10.3. The van der Waals surface area contributed by atoms with Gasteiger partial charge in [0.05, 0.1) is 0 Å². The minimum atomic E-state index is -0.713. The third kappa shape index (κ3) is 7.88. The second-order valence-electron chi connectivity index (χ2n) is 5.51. The van der Waals surface area contributed by atoms with E-state index in [9.17, 15) is 14.4 Å². The Morgan fingerprint density at radius 1 is 1.05 bits per heavy atom. The molecule has 7 nitrogen and oxygen atoms in total. The zero-order chi connectivity index (χ0) is 16.6. The summed E-state index contributed by atoms with van der Waals surface area (Å²) in [7, 11) is 0. The number of para-hydroxylation sites is 1. The Kier molecular flexibility index (Phi) is 6.37. The van der Waals surface area contributed by atoms with Crippen molar-refractivity contribution in [1.29, 1.82) is 0 Å². The second kappa shape index (κ2) is 8.02. The summed E-state index contributed by atoms with van der Waals surface area (Å²) in [6, 6.07) is 8.09. The van der Waals surface area contributed by atoms with E-state index in [-0.39, 0.29) is 6.61 Å². The monoisotopic (exact) mass is 308 g/mol. The van der Waals surface area contributed by atoms with Gasteiger partial charge in [-0.1, -0.05) is 18.2 Å². The summed E-state index contributed by atoms with van der Waals surface area (Å²) >= 11 is 0. The van der Waals surface area contributed by atoms with Crippen LogP contribution in [-0.4, -0.2) is 36.7 Å². The molecule has 0 aromatic heterocycles. The molecule has 120 valence electrons. The molecule has 22 heavy (non-hydrogen) atoms. The normalized spacial score (nSPS) is 10.5. The van der Waals surface area contributed by atoms with E-state index in [1.54, 1.807) is 45.0 Å². The largest absolute Gasteiger partial charge is 0.482 e. The Morgan fingerprint density at radius 3 is 2.27 bits per heavy atom. The van der Waals surface area contributed by atoms with Gasteiger partial charge in [-0.25, -0.2) is 9.59 Å². The highest BCUT2D eigenvalue weighted by molar-refractivity contribution is 5.95. The average molecular weight is 308 g/mol. The van der Waals surface area contributed by atoms with Gasteiger partial charge in [0.15, 0.2) is 13.2 Å². The van der Waals surface area contributed by atoms with Gasteiger partial charge in [-0.15, -0.1) is 0 Å². The first-order valence-electron chi connectivity index (χ1n) is 6.72. The van der Waals surface area contributed by atoms with Crippen molar-refractivity contribution in [2.75, 3.05) is 13.2 Å². The minimum Gasteiger partial charge on any atom is -0.482 e. The van der Waals surface area contributed by atoms with E-state index >= 15 is 0 Å². The Labute approximate surface area is 129 Å². The molecule has 0 bridgehead atoms. The molecule has 2 N–H and O–H groups in total. The van der Waals surface area contributed by atoms with Crippen molar-refractivity contribution in [2.24, 2.45) is 0 Å². The van der Waals surface area contributed by atoms with Crippen LogP contribution in [0.4, 0.5) is 4.79 Å². The summed E-state index contributed by atoms with van der Waals surface area (Å²) in [4.78, 5) is 34.3. The van der Waals surface area contributed by atoms with Crippen LogP contribution in [-0.2, 0) is 14.3 Å². The van der Waals surface area contributed by atoms with Crippen molar-refractivity contribution in [1.82, 2.24) is 10.6 Å². The molecule has 0 spiro atoms. The number of hydrogen-bond donors (Lipinski definition) is 2. The number of ether oxygens (including phenoxy) is 2. The molecule has 0 unspecified atom stereocenters. The molecule has 7 heteroatoms. The van der Waals surface area contributed by atoms with Crippen LogP contribution in [0, 0.1) is 0 Å². The Hall–Kier alpha value is -2.57. The molecule has 0 saturated heterocycles. The Bertz CT molecular complexity index is 522. The van der Waals surface area contributed by atoms with Crippen molar-refractivity contribution >= 4 is 17.9 Å². The number of rotatable bonds is 5. The summed E-state index contributed by atoms with van der Waals surface area (Å²) in [6.45, 7) is 4.47. The maximum Gasteiger partial charge on any atom is 0.344 e. The lowest BCUT2D eigenvalue weighted by Gasteiger charge is -2.20. The summed E-state index contributed by atoms with van der Waals surface area (Å²) in [5.41, 5.74) is -0.468. The van der Waals surface area contributed by atoms with Crippen LogP contribution in [0.2, 0.25) is 0 Å². The lowest BCUT2D eigenvalue weighted by Crippen LogP contribution is -2.49. The molecule has 3 amide bonds. The third-order valence-electron chi connectivity index (χ3n) is 2.21. The van der Waals surface area contributed by atoms with Crippen molar-refractivity contribution in [2.45, 2.75) is 26.3 Å². The van der Waals surface area contributed by atoms with E-state index < -0.39 is 30.1 Å². The molecule has 0 heterocycles. The van der Waals surface area contributed by atoms with Gasteiger partial charge in [0, 0.05) is 5.54 Å². The highest BCUT2D eigenvalue weighted by Gasteiger charge is 2.16. The summed E-state index contributed by atoms with van der Waals surface area (Å²) in [5.74, 6) is -0.890. The van der Waals surface area contributed by atoms with Gasteiger partial charge >= 0.3 is 12.0 Å². The van der Waals surface area contributed by atoms with Crippen molar-refractivity contribution in [3.63, 3.8) is 0 Å². The van der Waals surface area contributed by atoms with Gasteiger partial charge in [0.2, 0.25) is 0 Å². The number of nitrogens with one attached hydrogen (secondary N) is 2. The molecule has 1 aromatic carbocycles. The van der Waals surface area contributed by atoms with Gasteiger partial charge in [-0.05, 0) is 32.9 Å². The van der Waals surface area contributed by atoms with Gasteiger partial charge in [0.25, 0.3) is 5.91 Å². The number of imide groups is 1. The van der Waals surface area contributed by atoms with Crippen molar-refractivity contribution < 1.29 is 23.9 Å². The number of carbonyl (C=O) groups is 3. The SMILES string of the molecule is CC(C)(C)NC(=O)NC(=O)COC(=O)COc1ccccc1. The predicted octanol–water partition coefficient (Wildman–Crippen LogP) is 1.23. The van der Waals surface area contributed by atoms with E-state index in [0.717, 1.165) is 0 Å². The number of carbonyl (C=O) groups excluding carboxylic acids is 3. The molecule has 1 rings (SSSR count). The molecule has 1 aromatic rings. The topological polar surface area (TPSA) is 93.7 Å². The smallest absolute Gasteiger partial charge is 0.344 e. The molecular formula is C15H20N2O5. The van der Waals surface area contributed by atoms with E-state index in [1.807, 2.05) is 6.07 Å². The predicted molar refractivity (Wildman–Crippen MR) is 79.3 cm³/mol. The van der Waals surface area contributed by atoms with E-state index in [4.69, 9.17) is 9.47 Å². The highest BCUT2D eigenvalue weighted by atomic mass is 16.6. The third-order valence-corrected chi connectivity index (χ3v) is 2.21. The number of esters is 1. The van der Waals surface area contributed by atoms with Crippen LogP contribution < -0.4 is 15.4 Å². The van der Waals surface area contributed by atoms with Gasteiger partial charge < -0.3 is 14.8 Å². The molecule has 0 aliphatic carbocycles. The maximum atomic E-state index is 11.4. The lowest BCUT2D eigenvalue weighted by atomic mass is 10.1. The first kappa shape index (κ1) is 17.5. The van der Waals surface area contributed by atoms with Gasteiger partial charge in [-0.2, -0.15) is 0 Å². The van der Waals surface area contributed by atoms with Crippen LogP contribution in [0.5, 0.6) is 5.75 Å². The molecule has 0 aliphatic rings. The fraction of sp³-hybridized carbons (Fsp3) is 0.400. The van der Waals surface area contributed by atoms with E-state index in [0.29, 0.717) is 5.75 Å². The lowest BCUT2D eigenvalue weighted by molar-refractivity contribution is -0.150. The number of urea groups is 1. The highest BCUT2D eigenvalue weighted by Crippen LogP contribution is 2.07. The molecule has 0 saturated carbocycles. The summed E-state index contributed by atoms with van der Waals surface area (Å²) < 4.78 is 9.86. The van der Waals surface area contributed by atoms with Gasteiger partial charge in [0.1, 0.15) is 5.75 Å².